The van der Waals surface area contributed by atoms with E-state index >= 15 is 0 Å². The van der Waals surface area contributed by atoms with Gasteiger partial charge in [0.05, 0.1) is 24.9 Å². The van der Waals surface area contributed by atoms with Crippen LogP contribution in [-0.2, 0) is 32.0 Å². The number of hydrogen-bond donors (Lipinski definition) is 0. The summed E-state index contributed by atoms with van der Waals surface area (Å²) in [5.41, 5.74) is 1.17. The number of aryl methyl sites for hydroxylation is 1. The van der Waals surface area contributed by atoms with E-state index in [9.17, 15) is 14.4 Å². The van der Waals surface area contributed by atoms with Gasteiger partial charge in [0.2, 0.25) is 0 Å². The van der Waals surface area contributed by atoms with Crippen molar-refractivity contribution in [2.45, 2.75) is 19.9 Å². The SMILES string of the molecule is COCCOC(=O)Cn1cnc2sc(C(=O)OCCc3ccccc3)c(C)c2c1=O. The summed E-state index contributed by atoms with van der Waals surface area (Å²) in [6.45, 7) is 2.03. The zero-order valence-corrected chi connectivity index (χ0v) is 17.6. The molecule has 158 valence electrons. The predicted octanol–water partition coefficient (Wildman–Crippen LogP) is 2.36. The number of esters is 2. The Morgan fingerprint density at radius 2 is 1.87 bits per heavy atom. The molecule has 1 aromatic carbocycles. The first-order valence-corrected chi connectivity index (χ1v) is 10.2. The van der Waals surface area contributed by atoms with Crippen molar-refractivity contribution in [2.75, 3.05) is 26.9 Å². The number of nitrogens with zero attached hydrogens (tertiary/aromatic N) is 2. The lowest BCUT2D eigenvalue weighted by atomic mass is 10.2. The molecule has 0 unspecified atom stereocenters. The fourth-order valence-corrected chi connectivity index (χ4v) is 3.89. The largest absolute Gasteiger partial charge is 0.462 e. The van der Waals surface area contributed by atoms with Crippen LogP contribution in [0.5, 0.6) is 0 Å². The Hall–Kier alpha value is -3.04. The summed E-state index contributed by atoms with van der Waals surface area (Å²) >= 11 is 1.11. The average molecular weight is 430 g/mol. The maximum atomic E-state index is 12.8. The molecule has 30 heavy (non-hydrogen) atoms. The Labute approximate surface area is 177 Å². The van der Waals surface area contributed by atoms with E-state index in [0.717, 1.165) is 16.9 Å². The number of hydrogen-bond acceptors (Lipinski definition) is 8. The molecular weight excluding hydrogens is 408 g/mol. The fourth-order valence-electron chi connectivity index (χ4n) is 2.86. The second-order valence-electron chi connectivity index (χ2n) is 6.50. The Balaban J connectivity index is 1.71. The molecule has 0 atom stereocenters. The molecule has 0 radical (unpaired) electrons. The van der Waals surface area contributed by atoms with Gasteiger partial charge in [0.15, 0.2) is 0 Å². The number of methoxy groups -OCH3 is 1. The highest BCUT2D eigenvalue weighted by Gasteiger charge is 2.21. The van der Waals surface area contributed by atoms with Crippen LogP contribution < -0.4 is 5.56 Å². The lowest BCUT2D eigenvalue weighted by Crippen LogP contribution is -2.26. The topological polar surface area (TPSA) is 96.7 Å². The summed E-state index contributed by atoms with van der Waals surface area (Å²) in [6, 6.07) is 9.71. The van der Waals surface area contributed by atoms with Gasteiger partial charge in [0, 0.05) is 13.5 Å². The molecule has 9 heteroatoms. The van der Waals surface area contributed by atoms with Gasteiger partial charge < -0.3 is 14.2 Å². The highest BCUT2D eigenvalue weighted by atomic mass is 32.1. The lowest BCUT2D eigenvalue weighted by molar-refractivity contribution is -0.145. The first-order valence-electron chi connectivity index (χ1n) is 9.35. The highest BCUT2D eigenvalue weighted by Crippen LogP contribution is 2.27. The van der Waals surface area contributed by atoms with Gasteiger partial charge in [-0.25, -0.2) is 9.78 Å². The third-order valence-electron chi connectivity index (χ3n) is 4.42. The van der Waals surface area contributed by atoms with Crippen LogP contribution >= 0.6 is 11.3 Å². The number of ether oxygens (including phenoxy) is 3. The van der Waals surface area contributed by atoms with Crippen LogP contribution in [0.3, 0.4) is 0 Å². The molecule has 0 amide bonds. The maximum Gasteiger partial charge on any atom is 0.348 e. The van der Waals surface area contributed by atoms with Crippen LogP contribution in [0.25, 0.3) is 10.2 Å². The maximum absolute atomic E-state index is 12.8. The van der Waals surface area contributed by atoms with E-state index in [2.05, 4.69) is 4.98 Å². The van der Waals surface area contributed by atoms with Gasteiger partial charge in [-0.05, 0) is 18.1 Å². The van der Waals surface area contributed by atoms with Crippen molar-refractivity contribution in [1.29, 1.82) is 0 Å². The molecule has 0 N–H and O–H groups in total. The van der Waals surface area contributed by atoms with Crippen molar-refractivity contribution in [3.05, 3.63) is 63.0 Å². The van der Waals surface area contributed by atoms with Gasteiger partial charge in [-0.1, -0.05) is 30.3 Å². The Morgan fingerprint density at radius 3 is 2.60 bits per heavy atom. The molecule has 3 rings (SSSR count). The number of benzene rings is 1. The van der Waals surface area contributed by atoms with Crippen LogP contribution in [0.15, 0.2) is 41.5 Å². The smallest absolute Gasteiger partial charge is 0.348 e. The number of thiophene rings is 1. The van der Waals surface area contributed by atoms with Gasteiger partial charge in [-0.3, -0.25) is 14.2 Å². The number of carbonyl (C=O) groups is 2. The molecule has 0 saturated heterocycles. The minimum atomic E-state index is -0.566. The van der Waals surface area contributed by atoms with E-state index in [4.69, 9.17) is 14.2 Å². The van der Waals surface area contributed by atoms with Crippen LogP contribution in [0, 0.1) is 6.92 Å². The molecule has 0 bridgehead atoms. The van der Waals surface area contributed by atoms with Crippen molar-refractivity contribution >= 4 is 33.5 Å². The molecule has 2 aromatic heterocycles. The van der Waals surface area contributed by atoms with E-state index in [0.29, 0.717) is 27.1 Å². The summed E-state index contributed by atoms with van der Waals surface area (Å²) < 4.78 is 16.4. The monoisotopic (exact) mass is 430 g/mol. The van der Waals surface area contributed by atoms with Crippen LogP contribution in [0.1, 0.15) is 20.8 Å². The quantitative estimate of drug-likeness (QED) is 0.380. The van der Waals surface area contributed by atoms with Crippen molar-refractivity contribution in [3.8, 4) is 0 Å². The van der Waals surface area contributed by atoms with Gasteiger partial charge in [0.1, 0.15) is 22.9 Å². The number of fused-ring (bicyclic) bond motifs is 1. The second-order valence-corrected chi connectivity index (χ2v) is 7.50. The van der Waals surface area contributed by atoms with E-state index in [1.54, 1.807) is 6.92 Å². The second kappa shape index (κ2) is 10.1. The van der Waals surface area contributed by atoms with E-state index in [1.165, 1.54) is 18.0 Å². The van der Waals surface area contributed by atoms with Gasteiger partial charge in [-0.15, -0.1) is 11.3 Å². The minimum Gasteiger partial charge on any atom is -0.462 e. The highest BCUT2D eigenvalue weighted by molar-refractivity contribution is 7.20. The van der Waals surface area contributed by atoms with E-state index in [-0.39, 0.29) is 26.4 Å². The molecular formula is C21H22N2O6S. The van der Waals surface area contributed by atoms with E-state index < -0.39 is 17.5 Å². The zero-order chi connectivity index (χ0) is 21.5. The summed E-state index contributed by atoms with van der Waals surface area (Å²) in [7, 11) is 1.50. The Bertz CT molecular complexity index is 1090. The third kappa shape index (κ3) is 5.11. The molecule has 2 heterocycles. The van der Waals surface area contributed by atoms with Crippen LogP contribution in [0.2, 0.25) is 0 Å². The molecule has 0 aliphatic carbocycles. The molecule has 8 nitrogen and oxygen atoms in total. The summed E-state index contributed by atoms with van der Waals surface area (Å²) in [6.07, 6.45) is 1.88. The van der Waals surface area contributed by atoms with Gasteiger partial charge in [-0.2, -0.15) is 0 Å². The van der Waals surface area contributed by atoms with Gasteiger partial charge >= 0.3 is 11.9 Å². The molecule has 0 saturated carbocycles. The number of rotatable bonds is 9. The average Bonchev–Trinajstić information content (AvgIpc) is 3.08. The molecule has 0 aliphatic heterocycles. The third-order valence-corrected chi connectivity index (χ3v) is 5.60. The minimum absolute atomic E-state index is 0.107. The molecule has 3 aromatic rings. The zero-order valence-electron chi connectivity index (χ0n) is 16.8. The summed E-state index contributed by atoms with van der Waals surface area (Å²) in [4.78, 5) is 42.2. The summed E-state index contributed by atoms with van der Waals surface area (Å²) in [5, 5.41) is 0.308. The predicted molar refractivity (Wildman–Crippen MR) is 112 cm³/mol. The standard InChI is InChI=1S/C21H22N2O6S/c1-14-17-19(22-13-23(20(17)25)12-16(24)28-11-10-27-2)30-18(14)21(26)29-9-8-15-6-4-3-5-7-15/h3-7,13H,8-12H2,1-2H3. The van der Waals surface area contributed by atoms with Crippen LogP contribution in [0.4, 0.5) is 0 Å². The Morgan fingerprint density at radius 1 is 1.10 bits per heavy atom. The first kappa shape index (κ1) is 21.7. The normalized spacial score (nSPS) is 10.9. The molecule has 0 aliphatic rings. The van der Waals surface area contributed by atoms with Crippen molar-refractivity contribution in [1.82, 2.24) is 9.55 Å². The van der Waals surface area contributed by atoms with Crippen molar-refractivity contribution in [2.24, 2.45) is 0 Å². The van der Waals surface area contributed by atoms with Crippen molar-refractivity contribution in [3.63, 3.8) is 0 Å². The lowest BCUT2D eigenvalue weighted by Gasteiger charge is -2.06. The fraction of sp³-hybridized carbons (Fsp3) is 0.333. The molecule has 0 fully saturated rings. The van der Waals surface area contributed by atoms with Gasteiger partial charge in [0.25, 0.3) is 5.56 Å². The summed E-state index contributed by atoms with van der Waals surface area (Å²) in [5.74, 6) is -1.06. The molecule has 0 spiro atoms. The first-order chi connectivity index (χ1) is 14.5. The number of carbonyl (C=O) groups excluding carboxylic acids is 2. The van der Waals surface area contributed by atoms with E-state index in [1.807, 2.05) is 30.3 Å². The number of aromatic nitrogens is 2. The van der Waals surface area contributed by atoms with Crippen LogP contribution in [-0.4, -0.2) is 48.4 Å². The Kier molecular flexibility index (Phi) is 7.31. The van der Waals surface area contributed by atoms with Crippen molar-refractivity contribution < 1.29 is 23.8 Å².